The van der Waals surface area contributed by atoms with Crippen molar-refractivity contribution < 1.29 is 10.2 Å². The molecule has 0 fully saturated rings. The van der Waals surface area contributed by atoms with E-state index < -0.39 is 0 Å². The van der Waals surface area contributed by atoms with Gasteiger partial charge in [-0.25, -0.2) is 0 Å². The summed E-state index contributed by atoms with van der Waals surface area (Å²) in [6.07, 6.45) is 1.36. The van der Waals surface area contributed by atoms with E-state index in [1.54, 1.807) is 6.92 Å². The quantitative estimate of drug-likeness (QED) is 0.593. The molecule has 0 aliphatic rings. The molecule has 0 spiro atoms. The summed E-state index contributed by atoms with van der Waals surface area (Å²) < 4.78 is 0. The highest BCUT2D eigenvalue weighted by Gasteiger charge is 2.03. The summed E-state index contributed by atoms with van der Waals surface area (Å²) in [4.78, 5) is 0. The summed E-state index contributed by atoms with van der Waals surface area (Å²) in [6, 6.07) is 0. The number of rotatable bonds is 4. The second-order valence-corrected chi connectivity index (χ2v) is 2.70. The van der Waals surface area contributed by atoms with Crippen LogP contribution >= 0.6 is 0 Å². The first-order valence-electron chi connectivity index (χ1n) is 3.45. The molecule has 0 unspecified atom stereocenters. The monoisotopic (exact) mass is 132 g/mol. The second-order valence-electron chi connectivity index (χ2n) is 2.70. The third-order valence-corrected chi connectivity index (χ3v) is 1.37. The van der Waals surface area contributed by atoms with Gasteiger partial charge in [0.1, 0.15) is 0 Å². The standard InChI is InChI=1S/C7H16O2/c1-6(3-4-8)5-7(2)9/h6-9H,3-5H2,1-2H3/t6-,7+/m1/s1. The second kappa shape index (κ2) is 4.77. The summed E-state index contributed by atoms with van der Waals surface area (Å²) >= 11 is 0. The van der Waals surface area contributed by atoms with Crippen LogP contribution in [0.4, 0.5) is 0 Å². The Bertz CT molecular complexity index is 61.9. The molecule has 56 valence electrons. The smallest absolute Gasteiger partial charge is 0.0514 e. The lowest BCUT2D eigenvalue weighted by molar-refractivity contribution is 0.152. The van der Waals surface area contributed by atoms with Gasteiger partial charge in [-0.15, -0.1) is 0 Å². The minimum atomic E-state index is -0.230. The Hall–Kier alpha value is -0.0800. The Balaban J connectivity index is 3.15. The minimum Gasteiger partial charge on any atom is -0.396 e. The SMILES string of the molecule is C[C@H](CCO)C[C@H](C)O. The zero-order valence-electron chi connectivity index (χ0n) is 6.17. The summed E-state index contributed by atoms with van der Waals surface area (Å²) in [5.74, 6) is 0.440. The average molecular weight is 132 g/mol. The molecule has 0 aliphatic carbocycles. The lowest BCUT2D eigenvalue weighted by atomic mass is 10.0. The predicted octanol–water partition coefficient (Wildman–Crippen LogP) is 0.776. The summed E-state index contributed by atoms with van der Waals surface area (Å²) in [7, 11) is 0. The Kier molecular flexibility index (Phi) is 4.72. The normalized spacial score (nSPS) is 17.3. The van der Waals surface area contributed by atoms with Crippen LogP contribution in [0, 0.1) is 5.92 Å². The van der Waals surface area contributed by atoms with Crippen molar-refractivity contribution in [3.63, 3.8) is 0 Å². The van der Waals surface area contributed by atoms with Gasteiger partial charge in [0.15, 0.2) is 0 Å². The van der Waals surface area contributed by atoms with Gasteiger partial charge >= 0.3 is 0 Å². The molecule has 0 saturated heterocycles. The maximum Gasteiger partial charge on any atom is 0.0514 e. The molecule has 2 nitrogen and oxygen atoms in total. The van der Waals surface area contributed by atoms with Gasteiger partial charge in [-0.2, -0.15) is 0 Å². The van der Waals surface area contributed by atoms with Crippen LogP contribution in [0.3, 0.4) is 0 Å². The van der Waals surface area contributed by atoms with Gasteiger partial charge in [-0.3, -0.25) is 0 Å². The van der Waals surface area contributed by atoms with Crippen molar-refractivity contribution in [2.24, 2.45) is 5.92 Å². The van der Waals surface area contributed by atoms with Crippen molar-refractivity contribution in [1.82, 2.24) is 0 Å². The fourth-order valence-corrected chi connectivity index (χ4v) is 0.921. The summed E-state index contributed by atoms with van der Waals surface area (Å²) in [6.45, 7) is 4.03. The highest BCUT2D eigenvalue weighted by atomic mass is 16.3. The van der Waals surface area contributed by atoms with Crippen LogP contribution in [0.1, 0.15) is 26.7 Å². The van der Waals surface area contributed by atoms with E-state index in [2.05, 4.69) is 0 Å². The van der Waals surface area contributed by atoms with E-state index in [4.69, 9.17) is 10.2 Å². The molecular weight excluding hydrogens is 116 g/mol. The number of aliphatic hydroxyl groups is 2. The first kappa shape index (κ1) is 8.92. The lowest BCUT2D eigenvalue weighted by Gasteiger charge is -2.10. The fraction of sp³-hybridized carbons (Fsp3) is 1.00. The van der Waals surface area contributed by atoms with Gasteiger partial charge in [-0.05, 0) is 25.7 Å². The zero-order chi connectivity index (χ0) is 7.28. The Morgan fingerprint density at radius 1 is 1.33 bits per heavy atom. The summed E-state index contributed by atoms with van der Waals surface area (Å²) in [5, 5.41) is 17.3. The van der Waals surface area contributed by atoms with Gasteiger partial charge in [0.05, 0.1) is 6.10 Å². The lowest BCUT2D eigenvalue weighted by Crippen LogP contribution is -2.08. The van der Waals surface area contributed by atoms with E-state index >= 15 is 0 Å². The molecule has 0 saturated carbocycles. The van der Waals surface area contributed by atoms with Gasteiger partial charge in [0.2, 0.25) is 0 Å². The van der Waals surface area contributed by atoms with Crippen LogP contribution in [0.2, 0.25) is 0 Å². The van der Waals surface area contributed by atoms with Crippen molar-refractivity contribution in [3.8, 4) is 0 Å². The molecule has 2 atom stereocenters. The van der Waals surface area contributed by atoms with Crippen LogP contribution in [0.15, 0.2) is 0 Å². The van der Waals surface area contributed by atoms with E-state index in [-0.39, 0.29) is 12.7 Å². The average Bonchev–Trinajstić information content (AvgIpc) is 1.63. The van der Waals surface area contributed by atoms with E-state index in [0.29, 0.717) is 5.92 Å². The number of hydrogen-bond acceptors (Lipinski definition) is 2. The van der Waals surface area contributed by atoms with Crippen molar-refractivity contribution in [3.05, 3.63) is 0 Å². The molecule has 0 aromatic heterocycles. The zero-order valence-corrected chi connectivity index (χ0v) is 6.17. The first-order chi connectivity index (χ1) is 4.16. The first-order valence-corrected chi connectivity index (χ1v) is 3.45. The molecule has 0 aromatic carbocycles. The molecule has 0 amide bonds. The van der Waals surface area contributed by atoms with Gasteiger partial charge in [0, 0.05) is 6.61 Å². The van der Waals surface area contributed by atoms with Crippen LogP contribution in [-0.2, 0) is 0 Å². The molecule has 0 aromatic rings. The van der Waals surface area contributed by atoms with Crippen LogP contribution in [0.5, 0.6) is 0 Å². The van der Waals surface area contributed by atoms with Crippen LogP contribution in [-0.4, -0.2) is 22.9 Å². The van der Waals surface area contributed by atoms with Crippen LogP contribution < -0.4 is 0 Å². The third kappa shape index (κ3) is 5.80. The molecule has 0 heterocycles. The van der Waals surface area contributed by atoms with Crippen molar-refractivity contribution in [2.45, 2.75) is 32.8 Å². The molecular formula is C7H16O2. The largest absolute Gasteiger partial charge is 0.396 e. The highest BCUT2D eigenvalue weighted by Crippen LogP contribution is 2.08. The van der Waals surface area contributed by atoms with Gasteiger partial charge < -0.3 is 10.2 Å². The molecule has 0 aliphatic heterocycles. The molecule has 0 bridgehead atoms. The molecule has 2 heteroatoms. The Morgan fingerprint density at radius 2 is 1.89 bits per heavy atom. The fourth-order valence-electron chi connectivity index (χ4n) is 0.921. The van der Waals surface area contributed by atoms with Crippen molar-refractivity contribution in [1.29, 1.82) is 0 Å². The van der Waals surface area contributed by atoms with E-state index in [0.717, 1.165) is 12.8 Å². The molecule has 0 radical (unpaired) electrons. The third-order valence-electron chi connectivity index (χ3n) is 1.37. The van der Waals surface area contributed by atoms with E-state index in [1.807, 2.05) is 6.92 Å². The highest BCUT2D eigenvalue weighted by molar-refractivity contribution is 4.55. The number of aliphatic hydroxyl groups excluding tert-OH is 2. The minimum absolute atomic E-state index is 0.230. The Morgan fingerprint density at radius 3 is 2.22 bits per heavy atom. The molecule has 9 heavy (non-hydrogen) atoms. The van der Waals surface area contributed by atoms with Gasteiger partial charge in [-0.1, -0.05) is 6.92 Å². The maximum atomic E-state index is 8.87. The van der Waals surface area contributed by atoms with E-state index in [9.17, 15) is 0 Å². The van der Waals surface area contributed by atoms with E-state index in [1.165, 1.54) is 0 Å². The predicted molar refractivity (Wildman–Crippen MR) is 37.2 cm³/mol. The summed E-state index contributed by atoms with van der Waals surface area (Å²) in [5.41, 5.74) is 0. The topological polar surface area (TPSA) is 40.5 Å². The van der Waals surface area contributed by atoms with Crippen molar-refractivity contribution >= 4 is 0 Å². The molecule has 0 rings (SSSR count). The van der Waals surface area contributed by atoms with Crippen molar-refractivity contribution in [2.75, 3.05) is 6.61 Å². The molecule has 2 N–H and O–H groups in total. The van der Waals surface area contributed by atoms with Gasteiger partial charge in [0.25, 0.3) is 0 Å². The number of hydrogen-bond donors (Lipinski definition) is 2. The maximum absolute atomic E-state index is 8.87. The Labute approximate surface area is 56.5 Å². The van der Waals surface area contributed by atoms with Crippen LogP contribution in [0.25, 0.3) is 0 Å².